The first-order chi connectivity index (χ1) is 7.73. The van der Waals surface area contributed by atoms with Crippen LogP contribution in [0.1, 0.15) is 12.8 Å². The van der Waals surface area contributed by atoms with Gasteiger partial charge in [-0.25, -0.2) is 0 Å². The largest absolute Gasteiger partial charge is 2.00 e. The second-order valence-electron chi connectivity index (χ2n) is 3.08. The number of aliphatic carboxylic acids is 4. The van der Waals surface area contributed by atoms with Crippen molar-refractivity contribution in [2.24, 2.45) is 0 Å². The van der Waals surface area contributed by atoms with Crippen LogP contribution in [-0.4, -0.2) is 41.1 Å². The van der Waals surface area contributed by atoms with Gasteiger partial charge in [0.15, 0.2) is 0 Å². The Labute approximate surface area is 140 Å². The second-order valence-corrected chi connectivity index (χ2v) is 3.08. The molecule has 0 aliphatic carbocycles. The van der Waals surface area contributed by atoms with Gasteiger partial charge in [0.1, 0.15) is 0 Å². The van der Waals surface area contributed by atoms with Gasteiger partial charge in [0.05, 0.1) is 30.4 Å². The Balaban J connectivity index is -0.00000128. The third-order valence-electron chi connectivity index (χ3n) is 1.72. The summed E-state index contributed by atoms with van der Waals surface area (Å²) in [4.78, 5) is 41.3. The van der Waals surface area contributed by atoms with E-state index in [9.17, 15) is 34.5 Å². The van der Waals surface area contributed by atoms with E-state index in [-0.39, 0.29) is 46.6 Å². The van der Waals surface area contributed by atoms with Gasteiger partial charge in [-0.1, -0.05) is 0 Å². The van der Waals surface area contributed by atoms with Crippen LogP contribution in [0.15, 0.2) is 0 Å². The normalized spacial score (nSPS) is 12.2. The summed E-state index contributed by atoms with van der Waals surface area (Å²) in [5, 5.41) is 41.2. The van der Waals surface area contributed by atoms with Crippen molar-refractivity contribution >= 4 is 23.9 Å². The van der Waals surface area contributed by atoms with Crippen LogP contribution in [0.5, 0.6) is 0 Å². The number of carboxylic acids is 4. The molecule has 0 saturated heterocycles. The van der Waals surface area contributed by atoms with Crippen LogP contribution in [-0.2, 0) is 36.2 Å². The number of hydrogen-bond acceptors (Lipinski definition) is 8. The molecule has 0 rings (SSSR count). The van der Waals surface area contributed by atoms with Crippen LogP contribution in [0, 0.1) is 0 Å². The van der Waals surface area contributed by atoms with Gasteiger partial charge in [-0.2, -0.15) is 0 Å². The Kier molecular flexibility index (Phi) is 13.8. The molecule has 0 bridgehead atoms. The standard InChI is InChI=1S/C8H11NO8.Fe.Na/c10-5(11)1-3(7(14)15)9-4(8(16)17)2-6(12)13;;/h3-4,9H,1-2H2,(H,10,11)(H,12,13)(H,14,15)(H,16,17);;/q;+2;+1/p-3. The summed E-state index contributed by atoms with van der Waals surface area (Å²) in [6, 6.07) is -3.71. The molecule has 0 heterocycles. The van der Waals surface area contributed by atoms with E-state index >= 15 is 0 Å². The van der Waals surface area contributed by atoms with Crippen molar-refractivity contribution in [3.05, 3.63) is 0 Å². The number of nitrogens with one attached hydrogen (secondary N) is 1. The van der Waals surface area contributed by atoms with Crippen molar-refractivity contribution in [3.63, 3.8) is 0 Å². The average Bonchev–Trinajstić information content (AvgIpc) is 2.13. The van der Waals surface area contributed by atoms with Gasteiger partial charge in [0.2, 0.25) is 0 Å². The maximum Gasteiger partial charge on any atom is 2.00 e. The van der Waals surface area contributed by atoms with Gasteiger partial charge in [-0.3, -0.25) is 4.79 Å². The zero-order chi connectivity index (χ0) is 13.6. The predicted molar refractivity (Wildman–Crippen MR) is 42.6 cm³/mol. The van der Waals surface area contributed by atoms with E-state index in [0.717, 1.165) is 0 Å². The van der Waals surface area contributed by atoms with Crippen molar-refractivity contribution in [1.82, 2.24) is 5.32 Å². The molecule has 11 heteroatoms. The Bertz CT molecular complexity index is 318. The van der Waals surface area contributed by atoms with E-state index in [1.54, 1.807) is 5.32 Å². The van der Waals surface area contributed by atoms with Crippen LogP contribution >= 0.6 is 0 Å². The van der Waals surface area contributed by atoms with Crippen molar-refractivity contribution in [3.8, 4) is 0 Å². The maximum atomic E-state index is 10.5. The zero-order valence-corrected chi connectivity index (χ0v) is 12.8. The van der Waals surface area contributed by atoms with Crippen LogP contribution in [0.3, 0.4) is 0 Å². The van der Waals surface area contributed by atoms with Gasteiger partial charge in [0.25, 0.3) is 0 Å². The summed E-state index contributed by atoms with van der Waals surface area (Å²) in [5.74, 6) is -7.01. The summed E-state index contributed by atoms with van der Waals surface area (Å²) in [6.07, 6.45) is -2.01. The predicted octanol–water partition coefficient (Wildman–Crippen LogP) is -8.57. The fraction of sp³-hybridized carbons (Fsp3) is 0.500. The monoisotopic (exact) mass is 325 g/mol. The molecule has 19 heavy (non-hydrogen) atoms. The SMILES string of the molecule is O=C([O-])CC(NC(CC(=O)O)C(=O)[O-])C(=O)[O-].[Fe+2].[Na+]. The van der Waals surface area contributed by atoms with Crippen molar-refractivity contribution in [2.75, 3.05) is 0 Å². The molecule has 0 spiro atoms. The van der Waals surface area contributed by atoms with E-state index in [1.807, 2.05) is 0 Å². The van der Waals surface area contributed by atoms with E-state index in [4.69, 9.17) is 5.11 Å². The third-order valence-corrected chi connectivity index (χ3v) is 1.72. The molecule has 2 N–H and O–H groups in total. The molecule has 9 nitrogen and oxygen atoms in total. The first-order valence-corrected chi connectivity index (χ1v) is 4.33. The summed E-state index contributed by atoms with van der Waals surface area (Å²) >= 11 is 0. The van der Waals surface area contributed by atoms with Gasteiger partial charge in [-0.15, -0.1) is 0 Å². The summed E-state index contributed by atoms with van der Waals surface area (Å²) < 4.78 is 0. The van der Waals surface area contributed by atoms with Gasteiger partial charge < -0.3 is 40.1 Å². The average molecular weight is 325 g/mol. The summed E-state index contributed by atoms with van der Waals surface area (Å²) in [6.45, 7) is 0. The fourth-order valence-corrected chi connectivity index (χ4v) is 1.00. The van der Waals surface area contributed by atoms with Gasteiger partial charge in [-0.05, 0) is 0 Å². The number of rotatable bonds is 8. The van der Waals surface area contributed by atoms with Crippen molar-refractivity contribution < 1.29 is 86.2 Å². The maximum absolute atomic E-state index is 10.5. The first-order valence-electron chi connectivity index (χ1n) is 4.33. The molecule has 102 valence electrons. The van der Waals surface area contributed by atoms with Crippen LogP contribution < -0.4 is 50.2 Å². The smallest absolute Gasteiger partial charge is 0.550 e. The summed E-state index contributed by atoms with van der Waals surface area (Å²) in [5.41, 5.74) is 0. The molecule has 0 fully saturated rings. The van der Waals surface area contributed by atoms with Crippen LogP contribution in [0.4, 0.5) is 0 Å². The second kappa shape index (κ2) is 11.2. The van der Waals surface area contributed by atoms with Crippen molar-refractivity contribution in [2.45, 2.75) is 24.9 Å². The Morgan fingerprint density at radius 3 is 1.58 bits per heavy atom. The van der Waals surface area contributed by atoms with Crippen molar-refractivity contribution in [1.29, 1.82) is 0 Å². The third kappa shape index (κ3) is 10.9. The quantitative estimate of drug-likeness (QED) is 0.411. The number of carboxylic acid groups (broad SMARTS) is 4. The van der Waals surface area contributed by atoms with Crippen LogP contribution in [0.25, 0.3) is 0 Å². The molecule has 0 radical (unpaired) electrons. The Hall–Kier alpha value is -0.641. The molecule has 0 aromatic heterocycles. The Morgan fingerprint density at radius 2 is 1.32 bits per heavy atom. The molecule has 0 aliphatic rings. The topological polar surface area (TPSA) is 170 Å². The van der Waals surface area contributed by atoms with Crippen LogP contribution in [0.2, 0.25) is 0 Å². The summed E-state index contributed by atoms with van der Waals surface area (Å²) in [7, 11) is 0. The Morgan fingerprint density at radius 1 is 0.947 bits per heavy atom. The molecule has 0 aromatic rings. The zero-order valence-electron chi connectivity index (χ0n) is 9.73. The molecule has 0 aromatic carbocycles. The van der Waals surface area contributed by atoms with E-state index in [1.165, 1.54) is 0 Å². The minimum atomic E-state index is -1.88. The molecule has 0 aliphatic heterocycles. The van der Waals surface area contributed by atoms with E-state index < -0.39 is 48.8 Å². The van der Waals surface area contributed by atoms with Gasteiger partial charge in [0, 0.05) is 12.4 Å². The first kappa shape index (κ1) is 23.5. The molecule has 0 amide bonds. The minimum absolute atomic E-state index is 0. The number of carbonyl (C=O) groups is 4. The molecular formula is C8H8FeNNaO8. The minimum Gasteiger partial charge on any atom is -0.550 e. The molecule has 2 atom stereocenters. The number of hydrogen-bond donors (Lipinski definition) is 2. The molecule has 2 unspecified atom stereocenters. The van der Waals surface area contributed by atoms with E-state index in [2.05, 4.69) is 0 Å². The fourth-order valence-electron chi connectivity index (χ4n) is 1.00. The molecule has 0 saturated carbocycles. The number of carbonyl (C=O) groups excluding carboxylic acids is 3. The van der Waals surface area contributed by atoms with E-state index in [0.29, 0.717) is 0 Å². The molecular weight excluding hydrogens is 317 g/mol. The van der Waals surface area contributed by atoms with Gasteiger partial charge >= 0.3 is 52.6 Å².